The molecule has 0 unspecified atom stereocenters. The van der Waals surface area contributed by atoms with Crippen LogP contribution in [0, 0.1) is 0 Å². The smallest absolute Gasteiger partial charge is 0.250 e. The highest BCUT2D eigenvalue weighted by Crippen LogP contribution is 2.33. The summed E-state index contributed by atoms with van der Waals surface area (Å²) in [6.07, 6.45) is 1.45. The zero-order chi connectivity index (χ0) is 24.8. The number of phenols is 1. The summed E-state index contributed by atoms with van der Waals surface area (Å²) in [4.78, 5) is 12.4. The average molecular weight is 492 g/mol. The quantitative estimate of drug-likeness (QED) is 0.206. The van der Waals surface area contributed by atoms with Crippen LogP contribution in [0.25, 0.3) is 22.2 Å². The number of benzene rings is 3. The zero-order valence-corrected chi connectivity index (χ0v) is 20.4. The van der Waals surface area contributed by atoms with Crippen molar-refractivity contribution in [2.24, 2.45) is 5.10 Å². The van der Waals surface area contributed by atoms with E-state index in [1.165, 1.54) is 18.0 Å². The Labute approximate surface area is 206 Å². The van der Waals surface area contributed by atoms with Crippen LogP contribution in [0.2, 0.25) is 0 Å². The molecule has 0 spiro atoms. The van der Waals surface area contributed by atoms with Crippen molar-refractivity contribution >= 4 is 34.7 Å². The number of carbonyl (C=O) groups is 1. The summed E-state index contributed by atoms with van der Waals surface area (Å²) < 4.78 is 12.6. The molecule has 4 rings (SSSR count). The minimum Gasteiger partial charge on any atom is -0.507 e. The molecule has 0 aliphatic heterocycles. The Hall–Kier alpha value is -4.05. The third-order valence-electron chi connectivity index (χ3n) is 5.34. The maximum atomic E-state index is 12.4. The number of carbonyl (C=O) groups excluding carboxylic acids is 1. The Balaban J connectivity index is 1.43. The Bertz CT molecular complexity index is 1390. The van der Waals surface area contributed by atoms with E-state index < -0.39 is 0 Å². The SMILES string of the molecule is CCn1c(SCC(=O)N/N=C/c2c(O)ccc3ccccc23)nnc1-c1ccc(OC)c(OC)c1. The number of thioether (sulfide) groups is 1. The van der Waals surface area contributed by atoms with Crippen molar-refractivity contribution in [2.75, 3.05) is 20.0 Å². The lowest BCUT2D eigenvalue weighted by Crippen LogP contribution is -2.20. The molecule has 9 nitrogen and oxygen atoms in total. The molecule has 35 heavy (non-hydrogen) atoms. The second-order valence-corrected chi connectivity index (χ2v) is 8.36. The first-order valence-electron chi connectivity index (χ1n) is 10.9. The van der Waals surface area contributed by atoms with Crippen molar-refractivity contribution < 1.29 is 19.4 Å². The van der Waals surface area contributed by atoms with Crippen molar-refractivity contribution in [3.05, 3.63) is 60.2 Å². The number of phenolic OH excluding ortho intramolecular Hbond substituents is 1. The van der Waals surface area contributed by atoms with Crippen LogP contribution in [-0.2, 0) is 11.3 Å². The van der Waals surface area contributed by atoms with E-state index in [4.69, 9.17) is 9.47 Å². The minimum absolute atomic E-state index is 0.0924. The first-order chi connectivity index (χ1) is 17.0. The number of nitrogens with one attached hydrogen (secondary N) is 1. The fourth-order valence-electron chi connectivity index (χ4n) is 3.62. The molecule has 0 saturated carbocycles. The molecule has 0 aliphatic rings. The van der Waals surface area contributed by atoms with Gasteiger partial charge in [0, 0.05) is 17.7 Å². The zero-order valence-electron chi connectivity index (χ0n) is 19.6. The molecule has 0 fully saturated rings. The van der Waals surface area contributed by atoms with Crippen LogP contribution < -0.4 is 14.9 Å². The second-order valence-electron chi connectivity index (χ2n) is 7.42. The van der Waals surface area contributed by atoms with Gasteiger partial charge in [0.05, 0.1) is 26.2 Å². The van der Waals surface area contributed by atoms with Gasteiger partial charge in [0.1, 0.15) is 5.75 Å². The summed E-state index contributed by atoms with van der Waals surface area (Å²) >= 11 is 1.26. The van der Waals surface area contributed by atoms with Crippen LogP contribution in [0.3, 0.4) is 0 Å². The van der Waals surface area contributed by atoms with Gasteiger partial charge in [-0.1, -0.05) is 42.1 Å². The number of fused-ring (bicyclic) bond motifs is 1. The predicted molar refractivity (Wildman–Crippen MR) is 136 cm³/mol. The molecular formula is C25H25N5O4S. The molecule has 3 aromatic carbocycles. The van der Waals surface area contributed by atoms with E-state index in [0.717, 1.165) is 16.3 Å². The van der Waals surface area contributed by atoms with Crippen LogP contribution in [0.4, 0.5) is 0 Å². The fourth-order valence-corrected chi connectivity index (χ4v) is 4.42. The number of hydrogen-bond donors (Lipinski definition) is 2. The largest absolute Gasteiger partial charge is 0.507 e. The van der Waals surface area contributed by atoms with Crippen LogP contribution >= 0.6 is 11.8 Å². The number of amides is 1. The van der Waals surface area contributed by atoms with E-state index >= 15 is 0 Å². The molecule has 1 aromatic heterocycles. The van der Waals surface area contributed by atoms with E-state index in [0.29, 0.717) is 34.6 Å². The molecule has 4 aromatic rings. The van der Waals surface area contributed by atoms with Gasteiger partial charge in [-0.25, -0.2) is 5.43 Å². The van der Waals surface area contributed by atoms with Crippen molar-refractivity contribution in [3.8, 4) is 28.6 Å². The predicted octanol–water partition coefficient (Wildman–Crippen LogP) is 4.08. The lowest BCUT2D eigenvalue weighted by atomic mass is 10.0. The number of aromatic hydroxyl groups is 1. The van der Waals surface area contributed by atoms with E-state index in [1.54, 1.807) is 20.3 Å². The summed E-state index contributed by atoms with van der Waals surface area (Å²) in [5, 5.41) is 25.2. The molecule has 0 radical (unpaired) electrons. The van der Waals surface area contributed by atoms with Crippen molar-refractivity contribution in [1.29, 1.82) is 0 Å². The van der Waals surface area contributed by atoms with Crippen molar-refractivity contribution in [1.82, 2.24) is 20.2 Å². The molecule has 0 aliphatic carbocycles. The number of aromatic nitrogens is 3. The number of ether oxygens (including phenoxy) is 2. The third-order valence-corrected chi connectivity index (χ3v) is 6.30. The van der Waals surface area contributed by atoms with Gasteiger partial charge in [0.25, 0.3) is 5.91 Å². The van der Waals surface area contributed by atoms with E-state index in [2.05, 4.69) is 20.7 Å². The van der Waals surface area contributed by atoms with Gasteiger partial charge >= 0.3 is 0 Å². The highest BCUT2D eigenvalue weighted by atomic mass is 32.2. The Morgan fingerprint density at radius 3 is 2.69 bits per heavy atom. The van der Waals surface area contributed by atoms with Crippen LogP contribution in [-0.4, -0.2) is 52.0 Å². The first-order valence-corrected chi connectivity index (χ1v) is 11.8. The molecule has 2 N–H and O–H groups in total. The molecule has 0 bridgehead atoms. The molecule has 1 heterocycles. The van der Waals surface area contributed by atoms with Gasteiger partial charge in [-0.05, 0) is 42.0 Å². The van der Waals surface area contributed by atoms with Gasteiger partial charge in [-0.15, -0.1) is 10.2 Å². The lowest BCUT2D eigenvalue weighted by molar-refractivity contribution is -0.118. The van der Waals surface area contributed by atoms with E-state index in [-0.39, 0.29) is 17.4 Å². The summed E-state index contributed by atoms with van der Waals surface area (Å²) in [5.74, 6) is 1.78. The highest BCUT2D eigenvalue weighted by molar-refractivity contribution is 7.99. The van der Waals surface area contributed by atoms with Gasteiger partial charge in [-0.3, -0.25) is 4.79 Å². The van der Waals surface area contributed by atoms with Crippen LogP contribution in [0.1, 0.15) is 12.5 Å². The normalized spacial score (nSPS) is 11.2. The molecule has 0 saturated heterocycles. The number of hydrogen-bond acceptors (Lipinski definition) is 8. The Morgan fingerprint density at radius 1 is 1.11 bits per heavy atom. The number of hydrazone groups is 1. The number of methoxy groups -OCH3 is 2. The van der Waals surface area contributed by atoms with Gasteiger partial charge in [-0.2, -0.15) is 5.10 Å². The molecular weight excluding hydrogens is 466 g/mol. The maximum Gasteiger partial charge on any atom is 0.250 e. The summed E-state index contributed by atoms with van der Waals surface area (Å²) in [7, 11) is 3.16. The van der Waals surface area contributed by atoms with Crippen LogP contribution in [0.5, 0.6) is 17.2 Å². The van der Waals surface area contributed by atoms with Gasteiger partial charge in [0.2, 0.25) is 0 Å². The van der Waals surface area contributed by atoms with Crippen molar-refractivity contribution in [3.63, 3.8) is 0 Å². The molecule has 1 amide bonds. The Morgan fingerprint density at radius 2 is 1.91 bits per heavy atom. The number of rotatable bonds is 9. The van der Waals surface area contributed by atoms with Crippen molar-refractivity contribution in [2.45, 2.75) is 18.6 Å². The minimum atomic E-state index is -0.302. The van der Waals surface area contributed by atoms with Gasteiger partial charge in [0.15, 0.2) is 22.5 Å². The topological polar surface area (TPSA) is 111 Å². The van der Waals surface area contributed by atoms with Crippen LogP contribution in [0.15, 0.2) is 64.9 Å². The number of nitrogens with zero attached hydrogens (tertiary/aromatic N) is 4. The van der Waals surface area contributed by atoms with Gasteiger partial charge < -0.3 is 19.1 Å². The lowest BCUT2D eigenvalue weighted by Gasteiger charge is -2.10. The average Bonchev–Trinajstić information content (AvgIpc) is 3.31. The highest BCUT2D eigenvalue weighted by Gasteiger charge is 2.16. The fraction of sp³-hybridized carbons (Fsp3) is 0.200. The molecule has 10 heteroatoms. The first kappa shape index (κ1) is 24.1. The second kappa shape index (κ2) is 10.9. The summed E-state index contributed by atoms with van der Waals surface area (Å²) in [5.41, 5.74) is 3.88. The molecule has 0 atom stereocenters. The monoisotopic (exact) mass is 491 g/mol. The third kappa shape index (κ3) is 5.22. The van der Waals surface area contributed by atoms with E-state index in [9.17, 15) is 9.90 Å². The maximum absolute atomic E-state index is 12.4. The van der Waals surface area contributed by atoms with E-state index in [1.807, 2.05) is 60.0 Å². The standard InChI is InChI=1S/C25H25N5O4S/c1-4-30-24(17-10-12-21(33-2)22(13-17)34-3)28-29-25(30)35-15-23(32)27-26-14-19-18-8-6-5-7-16(18)9-11-20(19)31/h5-14,31H,4,15H2,1-3H3,(H,27,32)/b26-14+. The summed E-state index contributed by atoms with van der Waals surface area (Å²) in [6.45, 7) is 2.61. The summed E-state index contributed by atoms with van der Waals surface area (Å²) in [6, 6.07) is 16.6. The Kier molecular flexibility index (Phi) is 7.51. The molecule has 180 valence electrons.